The zero-order valence-corrected chi connectivity index (χ0v) is 16.5. The van der Waals surface area contributed by atoms with E-state index in [2.05, 4.69) is 34.0 Å². The van der Waals surface area contributed by atoms with Gasteiger partial charge in [-0.1, -0.05) is 13.8 Å². The van der Waals surface area contributed by atoms with Gasteiger partial charge in [-0.3, -0.25) is 4.79 Å². The number of hydrogen-bond donors (Lipinski definition) is 2. The molecule has 2 aliphatic rings. The molecule has 2 fully saturated rings. The first kappa shape index (κ1) is 19.9. The number of aliphatic hydroxyl groups excluding tert-OH is 1. The van der Waals surface area contributed by atoms with Crippen LogP contribution in [-0.4, -0.2) is 53.3 Å². The Kier molecular flexibility index (Phi) is 6.88. The van der Waals surface area contributed by atoms with Gasteiger partial charge in [0, 0.05) is 13.1 Å². The number of nitrogens with zero attached hydrogens (tertiary/aromatic N) is 3. The number of aliphatic hydroxyl groups is 1. The predicted octanol–water partition coefficient (Wildman–Crippen LogP) is 2.39. The molecule has 1 aromatic rings. The standard InChI is InChI=1S/C20H32N4O3/c1-14(2)10-16(12-25)22-19(26)17-11-21-20(27-13-15-6-7-15)18(23-17)24-8-4-3-5-9-24/h11,14-16,25H,3-10,12-13H2,1-2H3,(H,22,26)/t16-/m0/s1. The van der Waals surface area contributed by atoms with Crippen LogP contribution < -0.4 is 15.0 Å². The van der Waals surface area contributed by atoms with Gasteiger partial charge in [-0.2, -0.15) is 0 Å². The lowest BCUT2D eigenvalue weighted by Crippen LogP contribution is -2.39. The number of carbonyl (C=O) groups excluding carboxylic acids is 1. The number of ether oxygens (including phenoxy) is 1. The molecule has 1 amide bonds. The molecule has 1 atom stereocenters. The lowest BCUT2D eigenvalue weighted by molar-refractivity contribution is 0.0902. The zero-order chi connectivity index (χ0) is 19.2. The van der Waals surface area contributed by atoms with Crippen molar-refractivity contribution < 1.29 is 14.6 Å². The van der Waals surface area contributed by atoms with Crippen molar-refractivity contribution in [2.24, 2.45) is 11.8 Å². The summed E-state index contributed by atoms with van der Waals surface area (Å²) in [4.78, 5) is 23.8. The molecule has 2 heterocycles. The number of amides is 1. The van der Waals surface area contributed by atoms with E-state index in [0.717, 1.165) is 32.4 Å². The number of carbonyl (C=O) groups is 1. The number of rotatable bonds is 9. The van der Waals surface area contributed by atoms with Gasteiger partial charge in [0.25, 0.3) is 11.8 Å². The lowest BCUT2D eigenvalue weighted by Gasteiger charge is -2.29. The molecule has 3 rings (SSSR count). The van der Waals surface area contributed by atoms with E-state index in [1.54, 1.807) is 0 Å². The lowest BCUT2D eigenvalue weighted by atomic mass is 10.0. The van der Waals surface area contributed by atoms with E-state index in [1.807, 2.05) is 0 Å². The van der Waals surface area contributed by atoms with Crippen molar-refractivity contribution in [2.45, 2.75) is 58.4 Å². The van der Waals surface area contributed by atoms with Gasteiger partial charge in [-0.25, -0.2) is 9.97 Å². The van der Waals surface area contributed by atoms with Crippen LogP contribution in [0.3, 0.4) is 0 Å². The maximum absolute atomic E-state index is 12.6. The predicted molar refractivity (Wildman–Crippen MR) is 104 cm³/mol. The second-order valence-corrected chi connectivity index (χ2v) is 8.17. The fourth-order valence-electron chi connectivity index (χ4n) is 3.38. The van der Waals surface area contributed by atoms with Gasteiger partial charge in [0.05, 0.1) is 25.5 Å². The SMILES string of the molecule is CC(C)C[C@@H](CO)NC(=O)c1cnc(OCC2CC2)c(N2CCCCC2)n1. The van der Waals surface area contributed by atoms with Gasteiger partial charge in [0.2, 0.25) is 0 Å². The van der Waals surface area contributed by atoms with Crippen LogP contribution in [0, 0.1) is 11.8 Å². The highest BCUT2D eigenvalue weighted by Crippen LogP contribution is 2.32. The van der Waals surface area contributed by atoms with E-state index in [1.165, 1.54) is 25.5 Å². The van der Waals surface area contributed by atoms with Crippen LogP contribution in [-0.2, 0) is 0 Å². The summed E-state index contributed by atoms with van der Waals surface area (Å²) in [5, 5.41) is 12.4. The molecule has 1 saturated carbocycles. The number of aromatic nitrogens is 2. The van der Waals surface area contributed by atoms with Gasteiger partial charge in [-0.15, -0.1) is 0 Å². The minimum atomic E-state index is -0.297. The Balaban J connectivity index is 1.74. The van der Waals surface area contributed by atoms with Crippen molar-refractivity contribution in [1.82, 2.24) is 15.3 Å². The average Bonchev–Trinajstić information content (AvgIpc) is 3.50. The van der Waals surface area contributed by atoms with Crippen molar-refractivity contribution in [1.29, 1.82) is 0 Å². The van der Waals surface area contributed by atoms with Gasteiger partial charge in [0.1, 0.15) is 5.69 Å². The number of piperidine rings is 1. The minimum absolute atomic E-state index is 0.0844. The third-order valence-corrected chi connectivity index (χ3v) is 5.07. The summed E-state index contributed by atoms with van der Waals surface area (Å²) in [5.41, 5.74) is 0.275. The molecule has 2 N–H and O–H groups in total. The van der Waals surface area contributed by atoms with Crippen LogP contribution in [0.4, 0.5) is 5.82 Å². The summed E-state index contributed by atoms with van der Waals surface area (Å²) < 4.78 is 5.92. The third kappa shape index (κ3) is 5.79. The Morgan fingerprint density at radius 2 is 2.07 bits per heavy atom. The van der Waals surface area contributed by atoms with E-state index in [4.69, 9.17) is 4.74 Å². The summed E-state index contributed by atoms with van der Waals surface area (Å²) in [6, 6.07) is -0.275. The topological polar surface area (TPSA) is 87.6 Å². The van der Waals surface area contributed by atoms with E-state index in [0.29, 0.717) is 30.1 Å². The molecule has 0 unspecified atom stereocenters. The maximum Gasteiger partial charge on any atom is 0.271 e. The van der Waals surface area contributed by atoms with Crippen molar-refractivity contribution in [3.05, 3.63) is 11.9 Å². The number of anilines is 1. The highest BCUT2D eigenvalue weighted by atomic mass is 16.5. The molecule has 0 spiro atoms. The Morgan fingerprint density at radius 1 is 1.33 bits per heavy atom. The fourth-order valence-corrected chi connectivity index (χ4v) is 3.38. The first-order chi connectivity index (χ1) is 13.1. The Hall–Kier alpha value is -1.89. The van der Waals surface area contributed by atoms with E-state index in [-0.39, 0.29) is 24.2 Å². The highest BCUT2D eigenvalue weighted by molar-refractivity contribution is 5.92. The zero-order valence-electron chi connectivity index (χ0n) is 16.5. The number of hydrogen-bond acceptors (Lipinski definition) is 6. The van der Waals surface area contributed by atoms with Crippen molar-refractivity contribution in [3.8, 4) is 5.88 Å². The summed E-state index contributed by atoms with van der Waals surface area (Å²) in [7, 11) is 0. The minimum Gasteiger partial charge on any atom is -0.475 e. The van der Waals surface area contributed by atoms with Crippen LogP contribution in [0.1, 0.15) is 62.9 Å². The molecule has 1 aromatic heterocycles. The first-order valence-electron chi connectivity index (χ1n) is 10.2. The van der Waals surface area contributed by atoms with Crippen LogP contribution in [0.15, 0.2) is 6.20 Å². The smallest absolute Gasteiger partial charge is 0.271 e. The van der Waals surface area contributed by atoms with E-state index >= 15 is 0 Å². The van der Waals surface area contributed by atoms with E-state index in [9.17, 15) is 9.90 Å². The molecule has 1 aliphatic carbocycles. The van der Waals surface area contributed by atoms with Gasteiger partial charge in [0.15, 0.2) is 5.82 Å². The summed E-state index contributed by atoms with van der Waals surface area (Å²) in [6.07, 6.45) is 8.07. The van der Waals surface area contributed by atoms with Crippen LogP contribution >= 0.6 is 0 Å². The Morgan fingerprint density at radius 3 is 2.70 bits per heavy atom. The molecular weight excluding hydrogens is 344 g/mol. The molecule has 1 saturated heterocycles. The van der Waals surface area contributed by atoms with Crippen molar-refractivity contribution in [3.63, 3.8) is 0 Å². The molecule has 27 heavy (non-hydrogen) atoms. The maximum atomic E-state index is 12.6. The average molecular weight is 377 g/mol. The normalized spacial score (nSPS) is 18.4. The first-order valence-corrected chi connectivity index (χ1v) is 10.2. The van der Waals surface area contributed by atoms with Crippen molar-refractivity contribution in [2.75, 3.05) is 31.2 Å². The van der Waals surface area contributed by atoms with Crippen LogP contribution in [0.5, 0.6) is 5.88 Å². The molecule has 0 aromatic carbocycles. The molecule has 0 radical (unpaired) electrons. The fraction of sp³-hybridized carbons (Fsp3) is 0.750. The Bertz CT molecular complexity index is 628. The molecule has 1 aliphatic heterocycles. The summed E-state index contributed by atoms with van der Waals surface area (Å²) in [5.74, 6) is 1.92. The van der Waals surface area contributed by atoms with Crippen LogP contribution in [0.25, 0.3) is 0 Å². The summed E-state index contributed by atoms with van der Waals surface area (Å²) in [6.45, 7) is 6.53. The van der Waals surface area contributed by atoms with Gasteiger partial charge in [-0.05, 0) is 50.4 Å². The monoisotopic (exact) mass is 376 g/mol. The molecular formula is C20H32N4O3. The number of nitrogens with one attached hydrogen (secondary N) is 1. The highest BCUT2D eigenvalue weighted by Gasteiger charge is 2.26. The second kappa shape index (κ2) is 9.35. The molecule has 0 bridgehead atoms. The Labute approximate surface area is 161 Å². The second-order valence-electron chi connectivity index (χ2n) is 8.17. The van der Waals surface area contributed by atoms with Crippen LogP contribution in [0.2, 0.25) is 0 Å². The summed E-state index contributed by atoms with van der Waals surface area (Å²) >= 11 is 0. The van der Waals surface area contributed by atoms with Gasteiger partial charge < -0.3 is 20.1 Å². The molecule has 7 heteroatoms. The van der Waals surface area contributed by atoms with Gasteiger partial charge >= 0.3 is 0 Å². The quantitative estimate of drug-likeness (QED) is 0.688. The molecule has 150 valence electrons. The van der Waals surface area contributed by atoms with Crippen molar-refractivity contribution >= 4 is 11.7 Å². The largest absolute Gasteiger partial charge is 0.475 e. The third-order valence-electron chi connectivity index (χ3n) is 5.07. The molecule has 7 nitrogen and oxygen atoms in total. The van der Waals surface area contributed by atoms with E-state index < -0.39 is 0 Å².